The van der Waals surface area contributed by atoms with Crippen LogP contribution in [-0.2, 0) is 4.79 Å². The van der Waals surface area contributed by atoms with E-state index in [1.54, 1.807) is 6.07 Å². The fourth-order valence-corrected chi connectivity index (χ4v) is 2.59. The minimum atomic E-state index is -0.713. The molecule has 0 aliphatic carbocycles. The van der Waals surface area contributed by atoms with Crippen molar-refractivity contribution < 1.29 is 14.3 Å². The SMILES string of the molecule is CC(C)C/C(=N\NC(=O)[C@H]1COc2ccccc2O1)c1ccccc1. The Bertz CT molecular complexity index is 757. The Morgan fingerprint density at radius 2 is 1.80 bits per heavy atom. The standard InChI is InChI=1S/C20H22N2O3/c1-14(2)12-16(15-8-4-3-5-9-15)21-22-20(23)19-13-24-17-10-6-7-11-18(17)25-19/h3-11,14,19H,12-13H2,1-2H3,(H,22,23)/b21-16+/t19-/m1/s1. The van der Waals surface area contributed by atoms with Gasteiger partial charge in [-0.1, -0.05) is 56.3 Å². The number of rotatable bonds is 5. The first-order valence-corrected chi connectivity index (χ1v) is 8.44. The number of para-hydroxylation sites is 2. The van der Waals surface area contributed by atoms with Crippen LogP contribution in [0, 0.1) is 5.92 Å². The molecule has 0 bridgehead atoms. The van der Waals surface area contributed by atoms with E-state index < -0.39 is 6.10 Å². The average molecular weight is 338 g/mol. The fourth-order valence-electron chi connectivity index (χ4n) is 2.59. The van der Waals surface area contributed by atoms with Crippen LogP contribution in [0.2, 0.25) is 0 Å². The summed E-state index contributed by atoms with van der Waals surface area (Å²) in [7, 11) is 0. The Morgan fingerprint density at radius 1 is 1.12 bits per heavy atom. The summed E-state index contributed by atoms with van der Waals surface area (Å²) in [6, 6.07) is 17.2. The lowest BCUT2D eigenvalue weighted by atomic mass is 10.0. The van der Waals surface area contributed by atoms with Gasteiger partial charge in [-0.3, -0.25) is 4.79 Å². The minimum Gasteiger partial charge on any atom is -0.485 e. The zero-order valence-electron chi connectivity index (χ0n) is 14.4. The maximum atomic E-state index is 12.4. The van der Waals surface area contributed by atoms with E-state index in [4.69, 9.17) is 9.47 Å². The molecule has 0 fully saturated rings. The van der Waals surface area contributed by atoms with Gasteiger partial charge >= 0.3 is 0 Å². The molecule has 25 heavy (non-hydrogen) atoms. The maximum absolute atomic E-state index is 12.4. The summed E-state index contributed by atoms with van der Waals surface area (Å²) in [5.41, 5.74) is 4.48. The molecule has 1 amide bonds. The summed E-state index contributed by atoms with van der Waals surface area (Å²) in [6.07, 6.45) is 0.0597. The fraction of sp³-hybridized carbons (Fsp3) is 0.300. The van der Waals surface area contributed by atoms with Crippen LogP contribution < -0.4 is 14.9 Å². The van der Waals surface area contributed by atoms with Crippen molar-refractivity contribution in [2.24, 2.45) is 11.0 Å². The first-order chi connectivity index (χ1) is 12.1. The Hall–Kier alpha value is -2.82. The summed E-state index contributed by atoms with van der Waals surface area (Å²) in [4.78, 5) is 12.4. The van der Waals surface area contributed by atoms with Crippen molar-refractivity contribution in [3.05, 3.63) is 60.2 Å². The van der Waals surface area contributed by atoms with Crippen LogP contribution in [0.15, 0.2) is 59.7 Å². The van der Waals surface area contributed by atoms with Crippen molar-refractivity contribution in [3.8, 4) is 11.5 Å². The molecular formula is C20H22N2O3. The van der Waals surface area contributed by atoms with E-state index in [0.717, 1.165) is 17.7 Å². The number of hydrogen-bond donors (Lipinski definition) is 1. The van der Waals surface area contributed by atoms with Gasteiger partial charge in [0.2, 0.25) is 6.10 Å². The number of nitrogens with zero attached hydrogens (tertiary/aromatic N) is 1. The zero-order valence-corrected chi connectivity index (χ0v) is 14.4. The molecular weight excluding hydrogens is 316 g/mol. The van der Waals surface area contributed by atoms with Gasteiger partial charge < -0.3 is 9.47 Å². The third kappa shape index (κ3) is 4.38. The van der Waals surface area contributed by atoms with Crippen molar-refractivity contribution >= 4 is 11.6 Å². The van der Waals surface area contributed by atoms with Crippen molar-refractivity contribution in [2.45, 2.75) is 26.4 Å². The van der Waals surface area contributed by atoms with Gasteiger partial charge in [0.05, 0.1) is 5.71 Å². The molecule has 0 saturated heterocycles. The highest BCUT2D eigenvalue weighted by molar-refractivity contribution is 6.01. The molecule has 0 radical (unpaired) electrons. The molecule has 2 aromatic carbocycles. The summed E-state index contributed by atoms with van der Waals surface area (Å²) < 4.78 is 11.3. The van der Waals surface area contributed by atoms with Crippen LogP contribution in [0.4, 0.5) is 0 Å². The van der Waals surface area contributed by atoms with Crippen LogP contribution in [0.5, 0.6) is 11.5 Å². The molecule has 3 rings (SSSR count). The summed E-state index contributed by atoms with van der Waals surface area (Å²) in [6.45, 7) is 4.41. The van der Waals surface area contributed by atoms with E-state index in [9.17, 15) is 4.79 Å². The Kier molecular flexibility index (Phi) is 5.33. The van der Waals surface area contributed by atoms with Crippen LogP contribution in [-0.4, -0.2) is 24.3 Å². The third-order valence-corrected chi connectivity index (χ3v) is 3.81. The molecule has 2 aromatic rings. The molecule has 0 aromatic heterocycles. The highest BCUT2D eigenvalue weighted by Crippen LogP contribution is 2.30. The molecule has 0 spiro atoms. The molecule has 5 nitrogen and oxygen atoms in total. The second kappa shape index (κ2) is 7.83. The number of nitrogens with one attached hydrogen (secondary N) is 1. The number of fused-ring (bicyclic) bond motifs is 1. The van der Waals surface area contributed by atoms with E-state index in [2.05, 4.69) is 24.4 Å². The van der Waals surface area contributed by atoms with Crippen molar-refractivity contribution in [3.63, 3.8) is 0 Å². The maximum Gasteiger partial charge on any atom is 0.284 e. The highest BCUT2D eigenvalue weighted by atomic mass is 16.6. The van der Waals surface area contributed by atoms with Crippen molar-refractivity contribution in [2.75, 3.05) is 6.61 Å². The molecule has 1 aliphatic rings. The summed E-state index contributed by atoms with van der Waals surface area (Å²) in [5, 5.41) is 4.35. The molecule has 1 heterocycles. The van der Waals surface area contributed by atoms with E-state index >= 15 is 0 Å². The van der Waals surface area contributed by atoms with Gasteiger partial charge in [0.1, 0.15) is 6.61 Å². The molecule has 0 saturated carbocycles. The molecule has 1 atom stereocenters. The lowest BCUT2D eigenvalue weighted by Gasteiger charge is -2.25. The predicted octanol–water partition coefficient (Wildman–Crippen LogP) is 3.39. The average Bonchev–Trinajstić information content (AvgIpc) is 2.65. The molecule has 130 valence electrons. The largest absolute Gasteiger partial charge is 0.485 e. The summed E-state index contributed by atoms with van der Waals surface area (Å²) in [5.74, 6) is 1.34. The second-order valence-corrected chi connectivity index (χ2v) is 6.36. The number of ether oxygens (including phenoxy) is 2. The van der Waals surface area contributed by atoms with E-state index in [0.29, 0.717) is 17.4 Å². The first kappa shape index (κ1) is 17.0. The van der Waals surface area contributed by atoms with E-state index in [-0.39, 0.29) is 12.5 Å². The lowest BCUT2D eigenvalue weighted by Crippen LogP contribution is -2.42. The van der Waals surface area contributed by atoms with E-state index in [1.165, 1.54) is 0 Å². The smallest absolute Gasteiger partial charge is 0.284 e. The number of carbonyl (C=O) groups is 1. The predicted molar refractivity (Wildman–Crippen MR) is 96.9 cm³/mol. The van der Waals surface area contributed by atoms with Gasteiger partial charge in [0, 0.05) is 0 Å². The molecule has 5 heteroatoms. The zero-order chi connectivity index (χ0) is 17.6. The number of hydrogen-bond acceptors (Lipinski definition) is 4. The van der Waals surface area contributed by atoms with Gasteiger partial charge in [-0.25, -0.2) is 5.43 Å². The van der Waals surface area contributed by atoms with Crippen LogP contribution in [0.25, 0.3) is 0 Å². The number of amides is 1. The number of carbonyl (C=O) groups excluding carboxylic acids is 1. The number of benzene rings is 2. The van der Waals surface area contributed by atoms with Gasteiger partial charge in [-0.2, -0.15) is 5.10 Å². The Balaban J connectivity index is 1.69. The Morgan fingerprint density at radius 3 is 2.52 bits per heavy atom. The molecule has 1 aliphatic heterocycles. The normalized spacial score (nSPS) is 16.6. The first-order valence-electron chi connectivity index (χ1n) is 8.44. The van der Waals surface area contributed by atoms with Gasteiger partial charge in [0.15, 0.2) is 11.5 Å². The second-order valence-electron chi connectivity index (χ2n) is 6.36. The monoisotopic (exact) mass is 338 g/mol. The van der Waals surface area contributed by atoms with Crippen LogP contribution in [0.1, 0.15) is 25.8 Å². The number of hydrazone groups is 1. The highest BCUT2D eigenvalue weighted by Gasteiger charge is 2.27. The summed E-state index contributed by atoms with van der Waals surface area (Å²) >= 11 is 0. The van der Waals surface area contributed by atoms with Crippen LogP contribution in [0.3, 0.4) is 0 Å². The lowest BCUT2D eigenvalue weighted by molar-refractivity contribution is -0.130. The molecule has 0 unspecified atom stereocenters. The minimum absolute atomic E-state index is 0.170. The topological polar surface area (TPSA) is 59.9 Å². The van der Waals surface area contributed by atoms with Gasteiger partial charge in [-0.05, 0) is 30.0 Å². The van der Waals surface area contributed by atoms with Crippen LogP contribution >= 0.6 is 0 Å². The van der Waals surface area contributed by atoms with Crippen molar-refractivity contribution in [1.29, 1.82) is 0 Å². The quantitative estimate of drug-likeness (QED) is 0.671. The van der Waals surface area contributed by atoms with Crippen molar-refractivity contribution in [1.82, 2.24) is 5.43 Å². The molecule has 1 N–H and O–H groups in total. The third-order valence-electron chi connectivity index (χ3n) is 3.81. The van der Waals surface area contributed by atoms with E-state index in [1.807, 2.05) is 48.5 Å². The Labute approximate surface area is 147 Å². The van der Waals surface area contributed by atoms with Gasteiger partial charge in [-0.15, -0.1) is 0 Å². The van der Waals surface area contributed by atoms with Gasteiger partial charge in [0.25, 0.3) is 5.91 Å².